The number of carbonyl (C=O) groups excluding carboxylic acids is 2. The van der Waals surface area contributed by atoms with Crippen molar-refractivity contribution < 1.29 is 23.8 Å². The highest BCUT2D eigenvalue weighted by Gasteiger charge is 2.30. The van der Waals surface area contributed by atoms with Crippen LogP contribution in [0.1, 0.15) is 45.3 Å². The average molecular weight is 333 g/mol. The van der Waals surface area contributed by atoms with Gasteiger partial charge in [-0.25, -0.2) is 9.78 Å². The number of rotatable bonds is 4. The van der Waals surface area contributed by atoms with Crippen molar-refractivity contribution in [3.05, 3.63) is 39.8 Å². The van der Waals surface area contributed by atoms with E-state index in [1.54, 1.807) is 37.6 Å². The quantitative estimate of drug-likeness (QED) is 0.801. The molecule has 2 heterocycles. The smallest absolute Gasteiger partial charge is 0.357 e. The number of Topliss-reactive ketones (excluding diaryl/α,β-unsaturated/α-hetero) is 1. The number of fused-ring (bicyclic) bond motifs is 1. The van der Waals surface area contributed by atoms with E-state index >= 15 is 0 Å². The summed E-state index contributed by atoms with van der Waals surface area (Å²) in [7, 11) is 1.55. The summed E-state index contributed by atoms with van der Waals surface area (Å²) in [6.45, 7) is 2.02. The van der Waals surface area contributed by atoms with Crippen LogP contribution in [0.25, 0.3) is 0 Å². The van der Waals surface area contributed by atoms with Crippen LogP contribution in [-0.2, 0) is 4.74 Å². The lowest BCUT2D eigenvalue weighted by Crippen LogP contribution is -2.20. The Morgan fingerprint density at radius 3 is 3.04 bits per heavy atom. The van der Waals surface area contributed by atoms with Crippen LogP contribution in [0.5, 0.6) is 11.5 Å². The number of hydrogen-bond donors (Lipinski definition) is 0. The zero-order valence-electron chi connectivity index (χ0n) is 12.7. The van der Waals surface area contributed by atoms with Crippen molar-refractivity contribution in [3.63, 3.8) is 0 Å². The van der Waals surface area contributed by atoms with Gasteiger partial charge in [-0.2, -0.15) is 0 Å². The molecule has 0 amide bonds. The lowest BCUT2D eigenvalue weighted by Gasteiger charge is -2.24. The van der Waals surface area contributed by atoms with Gasteiger partial charge < -0.3 is 14.2 Å². The van der Waals surface area contributed by atoms with Crippen LogP contribution in [0, 0.1) is 0 Å². The van der Waals surface area contributed by atoms with Gasteiger partial charge >= 0.3 is 5.97 Å². The number of esters is 1. The van der Waals surface area contributed by atoms with Crippen molar-refractivity contribution >= 4 is 23.1 Å². The number of carbonyl (C=O) groups is 2. The van der Waals surface area contributed by atoms with Gasteiger partial charge in [0.25, 0.3) is 0 Å². The third kappa shape index (κ3) is 3.05. The number of thiazole rings is 1. The summed E-state index contributed by atoms with van der Waals surface area (Å²) in [6, 6.07) is 5.10. The van der Waals surface area contributed by atoms with Crippen molar-refractivity contribution in [2.24, 2.45) is 0 Å². The summed E-state index contributed by atoms with van der Waals surface area (Å²) in [5.74, 6) is 0.591. The molecule has 0 N–H and O–H groups in total. The van der Waals surface area contributed by atoms with Gasteiger partial charge in [0.2, 0.25) is 0 Å². The minimum atomic E-state index is -0.504. The first-order chi connectivity index (χ1) is 11.1. The molecule has 0 radical (unpaired) electrons. The summed E-state index contributed by atoms with van der Waals surface area (Å²) in [6.07, 6.45) is -0.315. The van der Waals surface area contributed by atoms with E-state index in [4.69, 9.17) is 14.2 Å². The van der Waals surface area contributed by atoms with Gasteiger partial charge in [0.15, 0.2) is 17.6 Å². The predicted molar refractivity (Wildman–Crippen MR) is 83.4 cm³/mol. The van der Waals surface area contributed by atoms with Gasteiger partial charge in [0, 0.05) is 11.4 Å². The van der Waals surface area contributed by atoms with E-state index in [0.29, 0.717) is 22.1 Å². The van der Waals surface area contributed by atoms with E-state index in [-0.39, 0.29) is 24.5 Å². The molecule has 0 fully saturated rings. The second-order valence-corrected chi connectivity index (χ2v) is 5.78. The minimum absolute atomic E-state index is 0.0215. The molecular weight excluding hydrogens is 318 g/mol. The zero-order chi connectivity index (χ0) is 16.4. The average Bonchev–Trinajstić information content (AvgIpc) is 3.04. The molecule has 7 heteroatoms. The van der Waals surface area contributed by atoms with Crippen LogP contribution < -0.4 is 9.47 Å². The summed E-state index contributed by atoms with van der Waals surface area (Å²) in [5, 5.41) is 2.19. The largest absolute Gasteiger partial charge is 0.497 e. The summed E-state index contributed by atoms with van der Waals surface area (Å²) < 4.78 is 15.9. The summed E-state index contributed by atoms with van der Waals surface area (Å²) in [5.41, 5.74) is 0.767. The molecule has 0 saturated heterocycles. The molecule has 1 unspecified atom stereocenters. The van der Waals surface area contributed by atoms with E-state index in [9.17, 15) is 9.59 Å². The molecule has 0 spiro atoms. The van der Waals surface area contributed by atoms with E-state index < -0.39 is 12.1 Å². The summed E-state index contributed by atoms with van der Waals surface area (Å²) in [4.78, 5) is 28.2. The fourth-order valence-electron chi connectivity index (χ4n) is 2.30. The van der Waals surface area contributed by atoms with Crippen LogP contribution in [-0.4, -0.2) is 30.5 Å². The highest BCUT2D eigenvalue weighted by atomic mass is 32.1. The maximum absolute atomic E-state index is 12.3. The van der Waals surface area contributed by atoms with Gasteiger partial charge in [0.1, 0.15) is 16.5 Å². The molecule has 3 rings (SSSR count). The molecular formula is C16H15NO5S. The number of benzene rings is 1. The van der Waals surface area contributed by atoms with Gasteiger partial charge in [-0.15, -0.1) is 11.3 Å². The van der Waals surface area contributed by atoms with Crippen LogP contribution >= 0.6 is 11.3 Å². The molecule has 6 nitrogen and oxygen atoms in total. The molecule has 1 aromatic heterocycles. The molecule has 120 valence electrons. The molecule has 1 aromatic carbocycles. The lowest BCUT2D eigenvalue weighted by molar-refractivity contribution is 0.0520. The molecule has 0 saturated carbocycles. The van der Waals surface area contributed by atoms with Crippen molar-refractivity contribution in [2.45, 2.75) is 19.4 Å². The predicted octanol–water partition coefficient (Wildman–Crippen LogP) is 3.03. The number of methoxy groups -OCH3 is 1. The van der Waals surface area contributed by atoms with Crippen molar-refractivity contribution in [1.29, 1.82) is 0 Å². The number of aromatic nitrogens is 1. The first-order valence-electron chi connectivity index (χ1n) is 7.12. The third-order valence-electron chi connectivity index (χ3n) is 3.41. The van der Waals surface area contributed by atoms with Crippen molar-refractivity contribution in [3.8, 4) is 11.5 Å². The molecule has 1 aliphatic rings. The van der Waals surface area contributed by atoms with Gasteiger partial charge in [-0.1, -0.05) is 0 Å². The highest BCUT2D eigenvalue weighted by molar-refractivity contribution is 7.09. The Hall–Kier alpha value is -2.41. The normalized spacial score (nSPS) is 16.4. The molecule has 0 bridgehead atoms. The lowest BCUT2D eigenvalue weighted by atomic mass is 10.0. The Morgan fingerprint density at radius 2 is 2.30 bits per heavy atom. The Kier molecular flexibility index (Phi) is 4.29. The topological polar surface area (TPSA) is 74.7 Å². The fourth-order valence-corrected chi connectivity index (χ4v) is 3.12. The second-order valence-electron chi connectivity index (χ2n) is 4.89. The van der Waals surface area contributed by atoms with Gasteiger partial charge in [-0.3, -0.25) is 4.79 Å². The van der Waals surface area contributed by atoms with E-state index in [1.807, 2.05) is 0 Å². The molecule has 1 atom stereocenters. The Bertz CT molecular complexity index is 755. The first kappa shape index (κ1) is 15.5. The fraction of sp³-hybridized carbons (Fsp3) is 0.312. The van der Waals surface area contributed by atoms with Crippen molar-refractivity contribution in [2.75, 3.05) is 13.7 Å². The van der Waals surface area contributed by atoms with Crippen molar-refractivity contribution in [1.82, 2.24) is 4.98 Å². The standard InChI is InChI=1S/C16H15NO5S/c1-3-21-16(19)11-8-23-15(17-11)14-7-12(18)10-5-4-9(20-2)6-13(10)22-14/h4-6,8,14H,3,7H2,1-2H3. The molecule has 23 heavy (non-hydrogen) atoms. The Morgan fingerprint density at radius 1 is 1.48 bits per heavy atom. The van der Waals surface area contributed by atoms with E-state index in [1.165, 1.54) is 11.3 Å². The van der Waals surface area contributed by atoms with E-state index in [2.05, 4.69) is 4.98 Å². The maximum atomic E-state index is 12.3. The molecule has 1 aliphatic heterocycles. The van der Waals surface area contributed by atoms with Crippen LogP contribution in [0.2, 0.25) is 0 Å². The number of hydrogen-bond acceptors (Lipinski definition) is 7. The SMILES string of the molecule is CCOC(=O)c1csc(C2CC(=O)c3ccc(OC)cc3O2)n1. The first-order valence-corrected chi connectivity index (χ1v) is 8.00. The highest BCUT2D eigenvalue weighted by Crippen LogP contribution is 2.37. The Labute approximate surface area is 137 Å². The Balaban J connectivity index is 1.85. The molecule has 2 aromatic rings. The number of ether oxygens (including phenoxy) is 3. The van der Waals surface area contributed by atoms with Gasteiger partial charge in [-0.05, 0) is 19.1 Å². The zero-order valence-corrected chi connectivity index (χ0v) is 13.5. The third-order valence-corrected chi connectivity index (χ3v) is 4.35. The second kappa shape index (κ2) is 6.37. The van der Waals surface area contributed by atoms with E-state index in [0.717, 1.165) is 0 Å². The maximum Gasteiger partial charge on any atom is 0.357 e. The van der Waals surface area contributed by atoms with Crippen LogP contribution in [0.4, 0.5) is 0 Å². The minimum Gasteiger partial charge on any atom is -0.497 e. The summed E-state index contributed by atoms with van der Waals surface area (Å²) >= 11 is 1.28. The molecule has 0 aliphatic carbocycles. The van der Waals surface area contributed by atoms with Crippen LogP contribution in [0.3, 0.4) is 0 Å². The van der Waals surface area contributed by atoms with Crippen LogP contribution in [0.15, 0.2) is 23.6 Å². The number of ketones is 1. The number of nitrogens with zero attached hydrogens (tertiary/aromatic N) is 1. The van der Waals surface area contributed by atoms with Gasteiger partial charge in [0.05, 0.1) is 25.7 Å². The monoisotopic (exact) mass is 333 g/mol.